The number of carbonyl (C=O) groups excluding carboxylic acids is 2. The van der Waals surface area contributed by atoms with Crippen molar-refractivity contribution in [3.63, 3.8) is 0 Å². The van der Waals surface area contributed by atoms with Gasteiger partial charge in [0.15, 0.2) is 0 Å². The van der Waals surface area contributed by atoms with Crippen LogP contribution in [0.25, 0.3) is 22.6 Å². The fourth-order valence-corrected chi connectivity index (χ4v) is 3.90. The molecule has 2 amide bonds. The van der Waals surface area contributed by atoms with E-state index in [0.29, 0.717) is 39.9 Å². The predicted molar refractivity (Wildman–Crippen MR) is 132 cm³/mol. The quantitative estimate of drug-likeness (QED) is 0.344. The van der Waals surface area contributed by atoms with Crippen LogP contribution >= 0.6 is 0 Å². The number of aromatic nitrogens is 1. The normalized spacial score (nSPS) is 13.1. The molecule has 2 heterocycles. The van der Waals surface area contributed by atoms with Crippen molar-refractivity contribution in [1.29, 1.82) is 0 Å². The molecular formula is C28H23N3O4. The minimum Gasteiger partial charge on any atom is -0.487 e. The molecule has 0 bridgehead atoms. The van der Waals surface area contributed by atoms with Crippen LogP contribution in [0.1, 0.15) is 35.2 Å². The second kappa shape index (κ2) is 9.38. The van der Waals surface area contributed by atoms with E-state index in [1.54, 1.807) is 25.1 Å². The molecule has 3 aromatic carbocycles. The molecule has 1 aliphatic heterocycles. The molecule has 0 unspecified atom stereocenters. The van der Waals surface area contributed by atoms with E-state index < -0.39 is 5.91 Å². The van der Waals surface area contributed by atoms with Gasteiger partial charge in [-0.05, 0) is 55.3 Å². The number of imide groups is 1. The molecule has 0 aliphatic carbocycles. The zero-order valence-electron chi connectivity index (χ0n) is 19.4. The number of hydrogen-bond acceptors (Lipinski definition) is 6. The van der Waals surface area contributed by atoms with E-state index in [4.69, 9.17) is 9.15 Å². The van der Waals surface area contributed by atoms with Gasteiger partial charge >= 0.3 is 0 Å². The molecule has 4 aromatic rings. The van der Waals surface area contributed by atoms with Crippen LogP contribution < -0.4 is 4.74 Å². The van der Waals surface area contributed by atoms with Crippen molar-refractivity contribution in [1.82, 2.24) is 9.99 Å². The maximum Gasteiger partial charge on any atom is 0.281 e. The van der Waals surface area contributed by atoms with E-state index >= 15 is 0 Å². The van der Waals surface area contributed by atoms with Crippen LogP contribution in [0.2, 0.25) is 0 Å². The maximum absolute atomic E-state index is 13.2. The number of benzene rings is 3. The number of ether oxygens (including phenoxy) is 1. The Balaban J connectivity index is 1.43. The molecule has 0 atom stereocenters. The third-order valence-electron chi connectivity index (χ3n) is 5.70. The van der Waals surface area contributed by atoms with Gasteiger partial charge in [-0.3, -0.25) is 9.59 Å². The van der Waals surface area contributed by atoms with Crippen molar-refractivity contribution in [2.75, 3.05) is 0 Å². The summed E-state index contributed by atoms with van der Waals surface area (Å²) in [5.41, 5.74) is 4.06. The molecular weight excluding hydrogens is 442 g/mol. The number of hydrogen-bond donors (Lipinski definition) is 0. The van der Waals surface area contributed by atoms with Crippen LogP contribution in [0.15, 0.2) is 88.4 Å². The fraction of sp³-hybridized carbons (Fsp3) is 0.143. The molecule has 1 aromatic heterocycles. The lowest BCUT2D eigenvalue weighted by Gasteiger charge is -2.15. The number of aryl methyl sites for hydroxylation is 1. The van der Waals surface area contributed by atoms with Crippen LogP contribution in [-0.2, 0) is 11.4 Å². The first-order valence-electron chi connectivity index (χ1n) is 11.2. The largest absolute Gasteiger partial charge is 0.487 e. The summed E-state index contributed by atoms with van der Waals surface area (Å²) in [5.74, 6) is 0.995. The molecule has 7 heteroatoms. The van der Waals surface area contributed by atoms with Crippen molar-refractivity contribution in [2.45, 2.75) is 26.9 Å². The molecule has 0 radical (unpaired) electrons. The predicted octanol–water partition coefficient (Wildman–Crippen LogP) is 5.64. The lowest BCUT2D eigenvalue weighted by molar-refractivity contribution is -0.126. The summed E-state index contributed by atoms with van der Waals surface area (Å²) in [5, 5.41) is 5.06. The van der Waals surface area contributed by atoms with E-state index in [-0.39, 0.29) is 18.9 Å². The van der Waals surface area contributed by atoms with E-state index in [9.17, 15) is 9.59 Å². The summed E-state index contributed by atoms with van der Waals surface area (Å²) >= 11 is 0. The molecule has 0 fully saturated rings. The third kappa shape index (κ3) is 4.61. The zero-order chi connectivity index (χ0) is 24.4. The van der Waals surface area contributed by atoms with Crippen molar-refractivity contribution >= 4 is 17.5 Å². The van der Waals surface area contributed by atoms with E-state index in [1.165, 1.54) is 0 Å². The minimum atomic E-state index is -0.461. The van der Waals surface area contributed by atoms with Crippen LogP contribution in [0.4, 0.5) is 0 Å². The first kappa shape index (κ1) is 22.3. The minimum absolute atomic E-state index is 0.148. The highest BCUT2D eigenvalue weighted by molar-refractivity contribution is 6.15. The second-order valence-corrected chi connectivity index (χ2v) is 8.27. The van der Waals surface area contributed by atoms with Gasteiger partial charge in [0.25, 0.3) is 11.8 Å². The van der Waals surface area contributed by atoms with E-state index in [0.717, 1.165) is 16.1 Å². The first-order chi connectivity index (χ1) is 17.0. The molecule has 0 saturated heterocycles. The molecule has 174 valence electrons. The Hall–Kier alpha value is -4.52. The second-order valence-electron chi connectivity index (χ2n) is 8.27. The Morgan fingerprint density at radius 2 is 1.66 bits per heavy atom. The maximum atomic E-state index is 13.2. The first-order valence-corrected chi connectivity index (χ1v) is 11.2. The van der Waals surface area contributed by atoms with E-state index in [2.05, 4.69) is 10.1 Å². The van der Waals surface area contributed by atoms with Gasteiger partial charge in [0.2, 0.25) is 5.89 Å². The highest BCUT2D eigenvalue weighted by Crippen LogP contribution is 2.31. The molecule has 5 rings (SSSR count). The zero-order valence-corrected chi connectivity index (χ0v) is 19.4. The van der Waals surface area contributed by atoms with E-state index in [1.807, 2.05) is 67.6 Å². The highest BCUT2D eigenvalue weighted by atomic mass is 16.5. The molecule has 35 heavy (non-hydrogen) atoms. The SMILES string of the molecule is CC1=NN(C(=O)c2ccc(OCc3nc(-c4ccccc4)oc3C)cc2-c2ccccc2)C(=O)C1. The number of rotatable bonds is 6. The van der Waals surface area contributed by atoms with Gasteiger partial charge in [0, 0.05) is 16.8 Å². The molecule has 0 saturated carbocycles. The van der Waals surface area contributed by atoms with Gasteiger partial charge in [-0.2, -0.15) is 10.1 Å². The average molecular weight is 466 g/mol. The Kier molecular flexibility index (Phi) is 5.97. The van der Waals surface area contributed by atoms with Gasteiger partial charge in [0.1, 0.15) is 23.8 Å². The number of hydrazone groups is 1. The summed E-state index contributed by atoms with van der Waals surface area (Å²) in [4.78, 5) is 30.0. The lowest BCUT2D eigenvalue weighted by atomic mass is 9.98. The number of amides is 2. The summed E-state index contributed by atoms with van der Waals surface area (Å²) in [6, 6.07) is 24.4. The third-order valence-corrected chi connectivity index (χ3v) is 5.70. The summed E-state index contributed by atoms with van der Waals surface area (Å²) in [6.45, 7) is 3.79. The number of nitrogens with zero attached hydrogens (tertiary/aromatic N) is 3. The smallest absolute Gasteiger partial charge is 0.281 e. The van der Waals surface area contributed by atoms with Crippen LogP contribution in [0.3, 0.4) is 0 Å². The number of carbonyl (C=O) groups is 2. The Labute approximate surface area is 202 Å². The van der Waals surface area contributed by atoms with Crippen molar-refractivity contribution in [3.05, 3.63) is 95.9 Å². The van der Waals surface area contributed by atoms with Crippen molar-refractivity contribution in [3.8, 4) is 28.3 Å². The topological polar surface area (TPSA) is 85.0 Å². The van der Waals surface area contributed by atoms with Gasteiger partial charge in [0.05, 0.1) is 6.42 Å². The lowest BCUT2D eigenvalue weighted by Crippen LogP contribution is -2.28. The number of oxazole rings is 1. The van der Waals surface area contributed by atoms with Gasteiger partial charge in [-0.15, -0.1) is 0 Å². The monoisotopic (exact) mass is 465 g/mol. The summed E-state index contributed by atoms with van der Waals surface area (Å²) in [7, 11) is 0. The highest BCUT2D eigenvalue weighted by Gasteiger charge is 2.30. The molecule has 7 nitrogen and oxygen atoms in total. The average Bonchev–Trinajstić information content (AvgIpc) is 3.43. The van der Waals surface area contributed by atoms with Gasteiger partial charge in [-0.25, -0.2) is 4.98 Å². The Morgan fingerprint density at radius 3 is 2.31 bits per heavy atom. The fourth-order valence-electron chi connectivity index (χ4n) is 3.90. The summed E-state index contributed by atoms with van der Waals surface area (Å²) in [6.07, 6.45) is 0.148. The Morgan fingerprint density at radius 1 is 0.971 bits per heavy atom. The van der Waals surface area contributed by atoms with Crippen molar-refractivity contribution in [2.24, 2.45) is 5.10 Å². The van der Waals surface area contributed by atoms with Crippen LogP contribution in [0.5, 0.6) is 5.75 Å². The van der Waals surface area contributed by atoms with Gasteiger partial charge in [-0.1, -0.05) is 48.5 Å². The van der Waals surface area contributed by atoms with Gasteiger partial charge < -0.3 is 9.15 Å². The van der Waals surface area contributed by atoms with Crippen LogP contribution in [-0.4, -0.2) is 27.5 Å². The van der Waals surface area contributed by atoms with Crippen molar-refractivity contribution < 1.29 is 18.7 Å². The molecule has 0 spiro atoms. The molecule has 0 N–H and O–H groups in total. The Bertz CT molecular complexity index is 1430. The molecule has 1 aliphatic rings. The van der Waals surface area contributed by atoms with Crippen LogP contribution in [0, 0.1) is 6.92 Å². The standard InChI is InChI=1S/C28H23N3O4/c1-18-15-26(32)31(30-18)28(33)23-14-13-22(16-24(23)20-9-5-3-6-10-20)34-17-25-19(2)35-27(29-25)21-11-7-4-8-12-21/h3-14,16H,15,17H2,1-2H3. The summed E-state index contributed by atoms with van der Waals surface area (Å²) < 4.78 is 11.9.